The Bertz CT molecular complexity index is 335. The van der Waals surface area contributed by atoms with Gasteiger partial charge in [0.25, 0.3) is 0 Å². The van der Waals surface area contributed by atoms with Gasteiger partial charge in [-0.05, 0) is 0 Å². The molecule has 0 aliphatic carbocycles. The van der Waals surface area contributed by atoms with Crippen LogP contribution in [0.25, 0.3) is 0 Å². The summed E-state index contributed by atoms with van der Waals surface area (Å²) in [6.45, 7) is -0.217. The lowest BCUT2D eigenvalue weighted by molar-refractivity contribution is -0.143. The first-order valence-corrected chi connectivity index (χ1v) is 6.01. The molecule has 0 aliphatic rings. The third kappa shape index (κ3) is 6.86. The molecule has 1 unspecified atom stereocenters. The van der Waals surface area contributed by atoms with Gasteiger partial charge in [0, 0.05) is 13.4 Å². The van der Waals surface area contributed by atoms with E-state index >= 15 is 0 Å². The summed E-state index contributed by atoms with van der Waals surface area (Å²) >= 11 is 0. The fourth-order valence-electron chi connectivity index (χ4n) is 0.815. The molecule has 0 fully saturated rings. The summed E-state index contributed by atoms with van der Waals surface area (Å²) in [7, 11) is -2.18. The van der Waals surface area contributed by atoms with Crippen LogP contribution >= 0.6 is 0 Å². The summed E-state index contributed by atoms with van der Waals surface area (Å²) < 4.78 is 26.0. The van der Waals surface area contributed by atoms with Gasteiger partial charge < -0.3 is 15.2 Å². The maximum absolute atomic E-state index is 11.0. The first-order chi connectivity index (χ1) is 6.76. The smallest absolute Gasteiger partial charge is 0.328 e. The second kappa shape index (κ2) is 5.66. The lowest BCUT2D eigenvalue weighted by atomic mass is 10.3. The van der Waals surface area contributed by atoms with E-state index in [2.05, 4.69) is 4.74 Å². The van der Waals surface area contributed by atoms with Crippen molar-refractivity contribution in [1.82, 2.24) is 5.32 Å². The predicted molar refractivity (Wildman–Crippen MR) is 51.2 cm³/mol. The van der Waals surface area contributed by atoms with Gasteiger partial charge in [0.1, 0.15) is 5.75 Å². The Morgan fingerprint density at radius 2 is 2.00 bits per heavy atom. The lowest BCUT2D eigenvalue weighted by Crippen LogP contribution is -2.45. The van der Waals surface area contributed by atoms with E-state index in [1.54, 1.807) is 0 Å². The van der Waals surface area contributed by atoms with Crippen molar-refractivity contribution in [2.45, 2.75) is 6.04 Å². The van der Waals surface area contributed by atoms with Crippen molar-refractivity contribution in [1.29, 1.82) is 0 Å². The number of nitrogens with one attached hydrogen (secondary N) is 1. The zero-order valence-corrected chi connectivity index (χ0v) is 9.20. The molecule has 0 aromatic carbocycles. The van der Waals surface area contributed by atoms with Crippen LogP contribution in [0.1, 0.15) is 0 Å². The minimum absolute atomic E-state index is 0.217. The van der Waals surface area contributed by atoms with Gasteiger partial charge in [0.15, 0.2) is 15.9 Å². The van der Waals surface area contributed by atoms with Gasteiger partial charge in [0.05, 0.1) is 6.61 Å². The van der Waals surface area contributed by atoms with Gasteiger partial charge in [-0.1, -0.05) is 0 Å². The summed E-state index contributed by atoms with van der Waals surface area (Å²) in [5.41, 5.74) is 0. The Balaban J connectivity index is 4.30. The molecule has 1 atom stereocenters. The SMILES string of the molecule is COCC(NC(=O)CS(C)(=O)=O)C(=O)O. The number of hydrogen-bond donors (Lipinski definition) is 2. The molecule has 0 saturated carbocycles. The van der Waals surface area contributed by atoms with Crippen LogP contribution in [0, 0.1) is 0 Å². The summed E-state index contributed by atoms with van der Waals surface area (Å²) in [5, 5.41) is 10.6. The molecule has 8 heteroatoms. The molecule has 15 heavy (non-hydrogen) atoms. The average Bonchev–Trinajstić information content (AvgIpc) is 1.99. The number of ether oxygens (including phenoxy) is 1. The van der Waals surface area contributed by atoms with Crippen LogP contribution in [-0.4, -0.2) is 57.2 Å². The zero-order valence-electron chi connectivity index (χ0n) is 8.39. The number of sulfone groups is 1. The van der Waals surface area contributed by atoms with E-state index in [1.807, 2.05) is 5.32 Å². The number of carboxylic acids is 1. The Kier molecular flexibility index (Phi) is 5.23. The largest absolute Gasteiger partial charge is 0.480 e. The van der Waals surface area contributed by atoms with Crippen LogP contribution in [0.5, 0.6) is 0 Å². The highest BCUT2D eigenvalue weighted by atomic mass is 32.2. The molecule has 2 N–H and O–H groups in total. The van der Waals surface area contributed by atoms with Gasteiger partial charge >= 0.3 is 5.97 Å². The Morgan fingerprint density at radius 3 is 2.33 bits per heavy atom. The second-order valence-corrected chi connectivity index (χ2v) is 5.12. The van der Waals surface area contributed by atoms with Gasteiger partial charge in [-0.25, -0.2) is 13.2 Å². The van der Waals surface area contributed by atoms with Crippen molar-refractivity contribution in [2.24, 2.45) is 0 Å². The fraction of sp³-hybridized carbons (Fsp3) is 0.714. The molecule has 88 valence electrons. The second-order valence-electron chi connectivity index (χ2n) is 2.98. The number of carboxylic acid groups (broad SMARTS) is 1. The number of aliphatic carboxylic acids is 1. The molecule has 7 nitrogen and oxygen atoms in total. The first-order valence-electron chi connectivity index (χ1n) is 3.95. The molecule has 0 aromatic rings. The monoisotopic (exact) mass is 239 g/mol. The zero-order chi connectivity index (χ0) is 12.1. The standard InChI is InChI=1S/C7H13NO6S/c1-14-3-5(7(10)11)8-6(9)4-15(2,12)13/h5H,3-4H2,1-2H3,(H,8,9)(H,10,11). The van der Waals surface area contributed by atoms with E-state index in [-0.39, 0.29) is 6.61 Å². The molecular formula is C7H13NO6S. The normalized spacial score (nSPS) is 13.2. The molecule has 0 rings (SSSR count). The third-order valence-corrected chi connectivity index (χ3v) is 2.15. The van der Waals surface area contributed by atoms with Crippen LogP contribution in [-0.2, 0) is 24.2 Å². The van der Waals surface area contributed by atoms with Crippen molar-refractivity contribution >= 4 is 21.7 Å². The Hall–Kier alpha value is -1.15. The highest BCUT2D eigenvalue weighted by Gasteiger charge is 2.21. The van der Waals surface area contributed by atoms with Gasteiger partial charge in [-0.15, -0.1) is 0 Å². The third-order valence-electron chi connectivity index (χ3n) is 1.36. The van der Waals surface area contributed by atoms with E-state index in [0.717, 1.165) is 6.26 Å². The number of hydrogen-bond acceptors (Lipinski definition) is 5. The number of rotatable bonds is 6. The summed E-state index contributed by atoms with van der Waals surface area (Å²) in [6.07, 6.45) is 0.888. The molecule has 1 amide bonds. The van der Waals surface area contributed by atoms with E-state index in [1.165, 1.54) is 7.11 Å². The van der Waals surface area contributed by atoms with Crippen molar-refractivity contribution in [3.05, 3.63) is 0 Å². The van der Waals surface area contributed by atoms with Gasteiger partial charge in [-0.3, -0.25) is 4.79 Å². The molecule has 0 spiro atoms. The lowest BCUT2D eigenvalue weighted by Gasteiger charge is -2.12. The molecule has 0 bridgehead atoms. The highest BCUT2D eigenvalue weighted by Crippen LogP contribution is 1.88. The number of carbonyl (C=O) groups excluding carboxylic acids is 1. The molecule has 0 saturated heterocycles. The van der Waals surface area contributed by atoms with Crippen molar-refractivity contribution in [3.63, 3.8) is 0 Å². The number of carbonyl (C=O) groups is 2. The van der Waals surface area contributed by atoms with Crippen molar-refractivity contribution in [3.8, 4) is 0 Å². The average molecular weight is 239 g/mol. The van der Waals surface area contributed by atoms with Crippen LogP contribution in [0.3, 0.4) is 0 Å². The Labute approximate surface area is 87.3 Å². The minimum Gasteiger partial charge on any atom is -0.480 e. The van der Waals surface area contributed by atoms with Crippen molar-refractivity contribution in [2.75, 3.05) is 25.7 Å². The van der Waals surface area contributed by atoms with Crippen LogP contribution in [0.2, 0.25) is 0 Å². The Morgan fingerprint density at radius 1 is 1.47 bits per heavy atom. The van der Waals surface area contributed by atoms with E-state index in [9.17, 15) is 18.0 Å². The van der Waals surface area contributed by atoms with Crippen LogP contribution < -0.4 is 5.32 Å². The van der Waals surface area contributed by atoms with Crippen molar-refractivity contribution < 1.29 is 27.9 Å². The molecule has 0 aromatic heterocycles. The van der Waals surface area contributed by atoms with Gasteiger partial charge in [0.2, 0.25) is 5.91 Å². The van der Waals surface area contributed by atoms with Crippen LogP contribution in [0.4, 0.5) is 0 Å². The quantitative estimate of drug-likeness (QED) is 0.568. The summed E-state index contributed by atoms with van der Waals surface area (Å²) in [6, 6.07) is -1.23. The first kappa shape index (κ1) is 13.8. The molecule has 0 aliphatic heterocycles. The van der Waals surface area contributed by atoms with E-state index in [4.69, 9.17) is 5.11 Å². The van der Waals surface area contributed by atoms with Gasteiger partial charge in [-0.2, -0.15) is 0 Å². The molecule has 0 radical (unpaired) electrons. The maximum atomic E-state index is 11.0. The highest BCUT2D eigenvalue weighted by molar-refractivity contribution is 7.91. The van der Waals surface area contributed by atoms with E-state index in [0.29, 0.717) is 0 Å². The maximum Gasteiger partial charge on any atom is 0.328 e. The topological polar surface area (TPSA) is 110 Å². The minimum atomic E-state index is -3.46. The fourth-order valence-corrected chi connectivity index (χ4v) is 1.38. The number of methoxy groups -OCH3 is 1. The summed E-state index contributed by atoms with van der Waals surface area (Å²) in [4.78, 5) is 21.6. The molecule has 0 heterocycles. The van der Waals surface area contributed by atoms with Crippen LogP contribution in [0.15, 0.2) is 0 Å². The molecular weight excluding hydrogens is 226 g/mol. The number of amides is 1. The predicted octanol–water partition coefficient (Wildman–Crippen LogP) is -1.75. The summed E-state index contributed by atoms with van der Waals surface area (Å²) in [5.74, 6) is -2.87. The van der Waals surface area contributed by atoms with E-state index < -0.39 is 33.5 Å².